The van der Waals surface area contributed by atoms with E-state index in [2.05, 4.69) is 0 Å². The van der Waals surface area contributed by atoms with Gasteiger partial charge in [0, 0.05) is 25.3 Å². The lowest BCUT2D eigenvalue weighted by atomic mass is 10.2. The molecular weight excluding hydrogens is 242 g/mol. The first-order valence-corrected chi connectivity index (χ1v) is 6.83. The second-order valence-corrected chi connectivity index (χ2v) is 5.33. The summed E-state index contributed by atoms with van der Waals surface area (Å²) in [4.78, 5) is 1.91. The molecule has 1 N–H and O–H groups in total. The molecule has 0 bridgehead atoms. The lowest BCUT2D eigenvalue weighted by Crippen LogP contribution is -2.21. The fourth-order valence-corrected chi connectivity index (χ4v) is 1.96. The number of hydrogen-bond donors (Lipinski definition) is 1. The molecule has 0 aromatic heterocycles. The highest BCUT2D eigenvalue weighted by Crippen LogP contribution is 2.19. The van der Waals surface area contributed by atoms with Crippen molar-refractivity contribution in [3.05, 3.63) is 24.3 Å². The normalized spacial score (nSPS) is 11.2. The van der Waals surface area contributed by atoms with Crippen LogP contribution in [-0.2, 0) is 10.1 Å². The van der Waals surface area contributed by atoms with E-state index >= 15 is 0 Å². The molecule has 0 aliphatic carbocycles. The average Bonchev–Trinajstić information content (AvgIpc) is 2.27. The van der Waals surface area contributed by atoms with E-state index in [0.717, 1.165) is 11.4 Å². The van der Waals surface area contributed by atoms with E-state index in [1.54, 1.807) is 7.11 Å². The van der Waals surface area contributed by atoms with Gasteiger partial charge in [0.25, 0.3) is 10.1 Å². The van der Waals surface area contributed by atoms with E-state index in [1.807, 2.05) is 36.2 Å². The number of ether oxygens (including phenoxy) is 1. The van der Waals surface area contributed by atoms with Gasteiger partial charge in [0.1, 0.15) is 5.75 Å². The molecule has 0 fully saturated rings. The van der Waals surface area contributed by atoms with E-state index in [0.29, 0.717) is 13.0 Å². The summed E-state index contributed by atoms with van der Waals surface area (Å²) in [6.07, 6.45) is 0.381. The van der Waals surface area contributed by atoms with Gasteiger partial charge < -0.3 is 9.64 Å². The summed E-state index contributed by atoms with van der Waals surface area (Å²) in [7, 11) is -0.412. The van der Waals surface area contributed by atoms with Crippen LogP contribution in [0.3, 0.4) is 0 Å². The third kappa shape index (κ3) is 5.06. The predicted octanol–water partition coefficient (Wildman–Crippen LogP) is 1.41. The molecule has 5 nitrogen and oxygen atoms in total. The van der Waals surface area contributed by atoms with Crippen molar-refractivity contribution in [1.29, 1.82) is 0 Å². The van der Waals surface area contributed by atoms with Gasteiger partial charge in [-0.15, -0.1) is 0 Å². The Morgan fingerprint density at radius 2 is 2.12 bits per heavy atom. The average molecular weight is 259 g/mol. The van der Waals surface area contributed by atoms with E-state index in [4.69, 9.17) is 9.29 Å². The molecule has 0 aliphatic heterocycles. The molecule has 1 aromatic carbocycles. The molecular formula is C11H17NO4S. The van der Waals surface area contributed by atoms with Gasteiger partial charge in [0.05, 0.1) is 12.9 Å². The Labute approximate surface area is 102 Å². The Morgan fingerprint density at radius 3 is 2.71 bits per heavy atom. The van der Waals surface area contributed by atoms with Gasteiger partial charge >= 0.3 is 0 Å². The second-order valence-electron chi connectivity index (χ2n) is 3.76. The molecule has 0 unspecified atom stereocenters. The number of hydrogen-bond acceptors (Lipinski definition) is 4. The fourth-order valence-electron chi connectivity index (χ4n) is 1.46. The van der Waals surface area contributed by atoms with Gasteiger partial charge in [-0.2, -0.15) is 8.42 Å². The Morgan fingerprint density at radius 1 is 1.41 bits per heavy atom. The lowest BCUT2D eigenvalue weighted by Gasteiger charge is -2.19. The molecule has 0 amide bonds. The predicted molar refractivity (Wildman–Crippen MR) is 67.3 cm³/mol. The van der Waals surface area contributed by atoms with Gasteiger partial charge in [-0.1, -0.05) is 6.07 Å². The summed E-state index contributed by atoms with van der Waals surface area (Å²) in [5.74, 6) is 0.533. The van der Waals surface area contributed by atoms with Crippen LogP contribution in [0.5, 0.6) is 5.75 Å². The van der Waals surface area contributed by atoms with Crippen LogP contribution < -0.4 is 9.64 Å². The van der Waals surface area contributed by atoms with Crippen molar-refractivity contribution in [3.8, 4) is 5.75 Å². The first-order valence-electron chi connectivity index (χ1n) is 5.23. The highest BCUT2D eigenvalue weighted by atomic mass is 32.2. The first kappa shape index (κ1) is 13.8. The summed E-state index contributed by atoms with van der Waals surface area (Å²) < 4.78 is 34.9. The minimum absolute atomic E-state index is 0.221. The molecule has 6 heteroatoms. The standard InChI is InChI=1S/C11H17NO4S/c1-12(7-4-8-17(13,14)15)10-5-3-6-11(9-10)16-2/h3,5-6,9H,4,7-8H2,1-2H3,(H,13,14,15). The van der Waals surface area contributed by atoms with E-state index in [1.165, 1.54) is 0 Å². The van der Waals surface area contributed by atoms with Crippen LogP contribution in [0.25, 0.3) is 0 Å². The van der Waals surface area contributed by atoms with Crippen LogP contribution >= 0.6 is 0 Å². The molecule has 0 saturated heterocycles. The van der Waals surface area contributed by atoms with Crippen LogP contribution in [0.4, 0.5) is 5.69 Å². The molecule has 0 atom stereocenters. The number of methoxy groups -OCH3 is 1. The number of benzene rings is 1. The number of anilines is 1. The summed E-state index contributed by atoms with van der Waals surface area (Å²) in [6, 6.07) is 7.49. The van der Waals surface area contributed by atoms with Gasteiger partial charge in [0.15, 0.2) is 0 Å². The molecule has 0 radical (unpaired) electrons. The van der Waals surface area contributed by atoms with Gasteiger partial charge in [0.2, 0.25) is 0 Å². The van der Waals surface area contributed by atoms with Gasteiger partial charge in [-0.25, -0.2) is 0 Å². The Bertz CT molecular complexity index is 458. The third-order valence-electron chi connectivity index (χ3n) is 2.39. The van der Waals surface area contributed by atoms with Crippen molar-refractivity contribution in [1.82, 2.24) is 0 Å². The van der Waals surface area contributed by atoms with Crippen molar-refractivity contribution in [2.24, 2.45) is 0 Å². The topological polar surface area (TPSA) is 66.8 Å². The molecule has 0 saturated carbocycles. The summed E-state index contributed by atoms with van der Waals surface area (Å²) in [6.45, 7) is 0.549. The Hall–Kier alpha value is -1.27. The lowest BCUT2D eigenvalue weighted by molar-refractivity contribution is 0.415. The van der Waals surface area contributed by atoms with Crippen LogP contribution in [-0.4, -0.2) is 39.4 Å². The quantitative estimate of drug-likeness (QED) is 0.782. The summed E-state index contributed by atoms with van der Waals surface area (Å²) in [5, 5.41) is 0. The maximum atomic E-state index is 10.6. The zero-order valence-corrected chi connectivity index (χ0v) is 10.8. The third-order valence-corrected chi connectivity index (χ3v) is 3.19. The fraction of sp³-hybridized carbons (Fsp3) is 0.455. The maximum absolute atomic E-state index is 10.6. The molecule has 1 rings (SSSR count). The number of nitrogens with zero attached hydrogens (tertiary/aromatic N) is 1. The first-order chi connectivity index (χ1) is 7.92. The zero-order chi connectivity index (χ0) is 12.9. The van der Waals surface area contributed by atoms with Crippen LogP contribution in [0.1, 0.15) is 6.42 Å². The zero-order valence-electron chi connectivity index (χ0n) is 9.96. The SMILES string of the molecule is COc1cccc(N(C)CCCS(=O)(=O)O)c1. The smallest absolute Gasteiger partial charge is 0.264 e. The van der Waals surface area contributed by atoms with Crippen molar-refractivity contribution in [3.63, 3.8) is 0 Å². The molecule has 1 aromatic rings. The van der Waals surface area contributed by atoms with Crippen molar-refractivity contribution < 1.29 is 17.7 Å². The van der Waals surface area contributed by atoms with Crippen molar-refractivity contribution in [2.45, 2.75) is 6.42 Å². The Kier molecular flexibility index (Phi) is 4.77. The monoisotopic (exact) mass is 259 g/mol. The van der Waals surface area contributed by atoms with Gasteiger partial charge in [-0.05, 0) is 18.6 Å². The van der Waals surface area contributed by atoms with Crippen LogP contribution in [0.2, 0.25) is 0 Å². The summed E-state index contributed by atoms with van der Waals surface area (Å²) >= 11 is 0. The van der Waals surface area contributed by atoms with Crippen LogP contribution in [0, 0.1) is 0 Å². The van der Waals surface area contributed by atoms with Crippen molar-refractivity contribution in [2.75, 3.05) is 31.4 Å². The van der Waals surface area contributed by atoms with Crippen molar-refractivity contribution >= 4 is 15.8 Å². The Balaban J connectivity index is 2.54. The van der Waals surface area contributed by atoms with Crippen LogP contribution in [0.15, 0.2) is 24.3 Å². The maximum Gasteiger partial charge on any atom is 0.264 e. The second kappa shape index (κ2) is 5.88. The molecule has 0 spiro atoms. The molecule has 96 valence electrons. The van der Waals surface area contributed by atoms with Gasteiger partial charge in [-0.3, -0.25) is 4.55 Å². The molecule has 17 heavy (non-hydrogen) atoms. The largest absolute Gasteiger partial charge is 0.497 e. The van der Waals surface area contributed by atoms with E-state index < -0.39 is 10.1 Å². The molecule has 0 aliphatic rings. The van der Waals surface area contributed by atoms with E-state index in [-0.39, 0.29) is 5.75 Å². The number of rotatable bonds is 6. The minimum atomic E-state index is -3.87. The highest BCUT2D eigenvalue weighted by Gasteiger charge is 2.06. The highest BCUT2D eigenvalue weighted by molar-refractivity contribution is 7.85. The molecule has 0 heterocycles. The minimum Gasteiger partial charge on any atom is -0.497 e. The summed E-state index contributed by atoms with van der Waals surface area (Å²) in [5.41, 5.74) is 0.944. The van der Waals surface area contributed by atoms with E-state index in [9.17, 15) is 8.42 Å².